The maximum atomic E-state index is 6.33. The number of rotatable bonds is 4. The highest BCUT2D eigenvalue weighted by Gasteiger charge is 2.21. The lowest BCUT2D eigenvalue weighted by molar-refractivity contribution is 0.626. The monoisotopic (exact) mass is 491 g/mol. The molecule has 184 valence electrons. The highest BCUT2D eigenvalue weighted by Crippen LogP contribution is 2.34. The van der Waals surface area contributed by atoms with E-state index in [4.69, 9.17) is 26.0 Å². The quantitative estimate of drug-likeness (QED) is 0.369. The van der Waals surface area contributed by atoms with Gasteiger partial charge in [-0.05, 0) is 55.0 Å². The SMILES string of the molecule is Cc1cccc2cc(Cn3nc(-c4ccc5oc(N)nc5c4)c4c(N)ncnc43)nc(N3CCCC3)c12. The highest BCUT2D eigenvalue weighted by atomic mass is 16.4. The Morgan fingerprint density at radius 3 is 2.70 bits per heavy atom. The number of nitrogens with zero attached hydrogens (tertiary/aromatic N) is 7. The number of nitrogen functional groups attached to an aromatic ring is 2. The summed E-state index contributed by atoms with van der Waals surface area (Å²) in [6.45, 7) is 4.63. The highest BCUT2D eigenvalue weighted by molar-refractivity contribution is 5.99. The van der Waals surface area contributed by atoms with Crippen LogP contribution >= 0.6 is 0 Å². The maximum Gasteiger partial charge on any atom is 0.292 e. The molecule has 7 rings (SSSR count). The van der Waals surface area contributed by atoms with Gasteiger partial charge in [-0.2, -0.15) is 10.1 Å². The smallest absolute Gasteiger partial charge is 0.292 e. The summed E-state index contributed by atoms with van der Waals surface area (Å²) in [5.41, 5.74) is 17.6. The number of aromatic nitrogens is 6. The normalized spacial score (nSPS) is 13.9. The van der Waals surface area contributed by atoms with E-state index in [0.29, 0.717) is 40.2 Å². The predicted molar refractivity (Wildman–Crippen MR) is 144 cm³/mol. The van der Waals surface area contributed by atoms with Crippen molar-refractivity contribution >= 4 is 50.6 Å². The Morgan fingerprint density at radius 1 is 0.973 bits per heavy atom. The van der Waals surface area contributed by atoms with Crippen LogP contribution < -0.4 is 16.4 Å². The molecule has 10 heteroatoms. The van der Waals surface area contributed by atoms with E-state index in [-0.39, 0.29) is 6.01 Å². The molecule has 0 bridgehead atoms. The van der Waals surface area contributed by atoms with Gasteiger partial charge in [-0.1, -0.05) is 18.2 Å². The van der Waals surface area contributed by atoms with Gasteiger partial charge < -0.3 is 20.8 Å². The molecule has 10 nitrogen and oxygen atoms in total. The molecular weight excluding hydrogens is 466 g/mol. The summed E-state index contributed by atoms with van der Waals surface area (Å²) in [6.07, 6.45) is 3.84. The number of fused-ring (bicyclic) bond motifs is 3. The molecule has 0 aliphatic carbocycles. The average Bonchev–Trinajstić information content (AvgIpc) is 3.62. The van der Waals surface area contributed by atoms with E-state index in [9.17, 15) is 0 Å². The van der Waals surface area contributed by atoms with Crippen molar-refractivity contribution in [3.63, 3.8) is 0 Å². The first kappa shape index (κ1) is 21.5. The summed E-state index contributed by atoms with van der Waals surface area (Å²) >= 11 is 0. The third kappa shape index (κ3) is 3.52. The molecule has 37 heavy (non-hydrogen) atoms. The van der Waals surface area contributed by atoms with Crippen molar-refractivity contribution in [1.82, 2.24) is 29.7 Å². The molecule has 6 aromatic rings. The van der Waals surface area contributed by atoms with Crippen LogP contribution in [0.1, 0.15) is 24.1 Å². The van der Waals surface area contributed by atoms with Crippen LogP contribution in [0, 0.1) is 6.92 Å². The Bertz CT molecular complexity index is 1810. The molecular formula is C27H25N9O. The van der Waals surface area contributed by atoms with Crippen LogP contribution in [0.25, 0.3) is 44.2 Å². The molecule has 2 aromatic carbocycles. The molecule has 0 amide bonds. The van der Waals surface area contributed by atoms with Gasteiger partial charge in [0.2, 0.25) is 0 Å². The van der Waals surface area contributed by atoms with Gasteiger partial charge >= 0.3 is 0 Å². The molecule has 0 saturated carbocycles. The Kier molecular flexibility index (Phi) is 4.75. The number of hydrogen-bond donors (Lipinski definition) is 2. The number of nitrogens with two attached hydrogens (primary N) is 2. The first-order valence-electron chi connectivity index (χ1n) is 12.3. The van der Waals surface area contributed by atoms with Crippen molar-refractivity contribution in [2.75, 3.05) is 29.5 Å². The van der Waals surface area contributed by atoms with Crippen LogP contribution in [0.15, 0.2) is 53.2 Å². The summed E-state index contributed by atoms with van der Waals surface area (Å²) < 4.78 is 7.28. The molecule has 0 radical (unpaired) electrons. The molecule has 4 aromatic heterocycles. The van der Waals surface area contributed by atoms with Crippen LogP contribution in [0.4, 0.5) is 17.7 Å². The Labute approximate surface area is 211 Å². The minimum atomic E-state index is 0.122. The van der Waals surface area contributed by atoms with Crippen LogP contribution in [0.5, 0.6) is 0 Å². The van der Waals surface area contributed by atoms with E-state index in [0.717, 1.165) is 30.2 Å². The van der Waals surface area contributed by atoms with Gasteiger partial charge in [0.1, 0.15) is 29.2 Å². The number of benzene rings is 2. The lowest BCUT2D eigenvalue weighted by Gasteiger charge is -2.21. The minimum absolute atomic E-state index is 0.122. The van der Waals surface area contributed by atoms with E-state index in [1.807, 2.05) is 22.9 Å². The first-order chi connectivity index (χ1) is 18.0. The van der Waals surface area contributed by atoms with E-state index in [1.165, 1.54) is 35.5 Å². The van der Waals surface area contributed by atoms with E-state index >= 15 is 0 Å². The van der Waals surface area contributed by atoms with Crippen LogP contribution in [0.3, 0.4) is 0 Å². The van der Waals surface area contributed by atoms with Crippen LogP contribution in [-0.4, -0.2) is 42.8 Å². The standard InChI is InChI=1S/C27H25N9O/c1-15-5-4-6-16-11-18(32-26(21(15)16)35-9-2-3-10-35)13-36-25-22(24(28)30-14-31-25)23(34-36)17-7-8-20-19(12-17)33-27(29)37-20/h4-8,11-12,14H,2-3,9-10,13H2,1H3,(H2,29,33)(H2,28,30,31). The van der Waals surface area contributed by atoms with Crippen LogP contribution in [0.2, 0.25) is 0 Å². The fourth-order valence-electron chi connectivity index (χ4n) is 5.35. The predicted octanol–water partition coefficient (Wildman–Crippen LogP) is 4.30. The molecule has 1 aliphatic rings. The summed E-state index contributed by atoms with van der Waals surface area (Å²) in [5.74, 6) is 1.41. The number of aryl methyl sites for hydroxylation is 1. The molecule has 0 atom stereocenters. The van der Waals surface area contributed by atoms with Gasteiger partial charge in [0.05, 0.1) is 17.6 Å². The van der Waals surface area contributed by atoms with Crippen molar-refractivity contribution in [2.45, 2.75) is 26.3 Å². The summed E-state index contributed by atoms with van der Waals surface area (Å²) in [5, 5.41) is 8.02. The second-order valence-electron chi connectivity index (χ2n) is 9.50. The maximum absolute atomic E-state index is 6.33. The lowest BCUT2D eigenvalue weighted by atomic mass is 10.1. The fourth-order valence-corrected chi connectivity index (χ4v) is 5.35. The van der Waals surface area contributed by atoms with Gasteiger partial charge in [0.25, 0.3) is 6.01 Å². The van der Waals surface area contributed by atoms with E-state index in [1.54, 1.807) is 0 Å². The summed E-state index contributed by atoms with van der Waals surface area (Å²) in [4.78, 5) is 20.6. The zero-order valence-corrected chi connectivity index (χ0v) is 20.3. The van der Waals surface area contributed by atoms with Crippen LogP contribution in [-0.2, 0) is 6.54 Å². The Morgan fingerprint density at radius 2 is 1.84 bits per heavy atom. The number of pyridine rings is 1. The molecule has 1 aliphatic heterocycles. The van der Waals surface area contributed by atoms with E-state index in [2.05, 4.69) is 51.0 Å². The van der Waals surface area contributed by atoms with E-state index < -0.39 is 0 Å². The largest absolute Gasteiger partial charge is 0.424 e. The fraction of sp³-hybridized carbons (Fsp3) is 0.222. The van der Waals surface area contributed by atoms with Crippen molar-refractivity contribution in [1.29, 1.82) is 0 Å². The zero-order chi connectivity index (χ0) is 25.1. The first-order valence-corrected chi connectivity index (χ1v) is 12.3. The molecule has 1 saturated heterocycles. The third-order valence-electron chi connectivity index (χ3n) is 7.05. The number of hydrogen-bond acceptors (Lipinski definition) is 9. The minimum Gasteiger partial charge on any atom is -0.424 e. The van der Waals surface area contributed by atoms with Crippen molar-refractivity contribution in [3.05, 3.63) is 60.0 Å². The molecule has 4 N–H and O–H groups in total. The Balaban J connectivity index is 1.38. The molecule has 1 fully saturated rings. The lowest BCUT2D eigenvalue weighted by Crippen LogP contribution is -2.20. The molecule has 0 spiro atoms. The second kappa shape index (κ2) is 8.16. The van der Waals surface area contributed by atoms with Gasteiger partial charge in [-0.15, -0.1) is 0 Å². The molecule has 0 unspecified atom stereocenters. The second-order valence-corrected chi connectivity index (χ2v) is 9.50. The Hall–Kier alpha value is -4.73. The van der Waals surface area contributed by atoms with Crippen molar-refractivity contribution in [3.8, 4) is 11.3 Å². The van der Waals surface area contributed by atoms with Crippen molar-refractivity contribution in [2.24, 2.45) is 0 Å². The number of anilines is 3. The summed E-state index contributed by atoms with van der Waals surface area (Å²) in [6, 6.07) is 14.3. The number of oxazole rings is 1. The van der Waals surface area contributed by atoms with Crippen molar-refractivity contribution < 1.29 is 4.42 Å². The zero-order valence-electron chi connectivity index (χ0n) is 20.3. The topological polar surface area (TPSA) is 138 Å². The van der Waals surface area contributed by atoms with Gasteiger partial charge in [-0.3, -0.25) is 0 Å². The van der Waals surface area contributed by atoms with Gasteiger partial charge in [-0.25, -0.2) is 19.6 Å². The van der Waals surface area contributed by atoms with Gasteiger partial charge in [0.15, 0.2) is 11.2 Å². The van der Waals surface area contributed by atoms with Gasteiger partial charge in [0, 0.05) is 24.0 Å². The molecule has 5 heterocycles. The average molecular weight is 492 g/mol. The summed E-state index contributed by atoms with van der Waals surface area (Å²) in [7, 11) is 0. The third-order valence-corrected chi connectivity index (χ3v) is 7.05.